The number of hydrogen-bond donors (Lipinski definition) is 0. The number of aromatic nitrogens is 1. The molecule has 1 aromatic carbocycles. The van der Waals surface area contributed by atoms with Gasteiger partial charge in [0.05, 0.1) is 5.92 Å². The van der Waals surface area contributed by atoms with Crippen molar-refractivity contribution >= 4 is 11.8 Å². The van der Waals surface area contributed by atoms with Crippen molar-refractivity contribution in [2.75, 3.05) is 26.2 Å². The zero-order valence-electron chi connectivity index (χ0n) is 17.6. The molecule has 0 aliphatic carbocycles. The van der Waals surface area contributed by atoms with Gasteiger partial charge in [0.2, 0.25) is 11.8 Å². The van der Waals surface area contributed by atoms with E-state index in [1.54, 1.807) is 23.2 Å². The molecule has 3 heterocycles. The van der Waals surface area contributed by atoms with Crippen molar-refractivity contribution in [2.24, 2.45) is 5.92 Å². The van der Waals surface area contributed by atoms with E-state index in [0.29, 0.717) is 51.2 Å². The monoisotopic (exact) mass is 425 g/mol. The fraction of sp³-hybridized carbons (Fsp3) is 0.458. The van der Waals surface area contributed by atoms with E-state index >= 15 is 0 Å². The second kappa shape index (κ2) is 9.90. The van der Waals surface area contributed by atoms with Crippen LogP contribution in [0.4, 0.5) is 4.39 Å². The zero-order chi connectivity index (χ0) is 21.6. The third kappa shape index (κ3) is 5.60. The molecule has 2 aliphatic heterocycles. The van der Waals surface area contributed by atoms with Gasteiger partial charge in [-0.3, -0.25) is 14.6 Å². The van der Waals surface area contributed by atoms with Crippen LogP contribution < -0.4 is 4.74 Å². The molecule has 0 unspecified atom stereocenters. The molecule has 0 bridgehead atoms. The molecule has 2 fully saturated rings. The number of carbonyl (C=O) groups excluding carboxylic acids is 2. The van der Waals surface area contributed by atoms with E-state index in [2.05, 4.69) is 4.98 Å². The molecule has 1 atom stereocenters. The highest BCUT2D eigenvalue weighted by Gasteiger charge is 2.34. The third-order valence-electron chi connectivity index (χ3n) is 6.07. The quantitative estimate of drug-likeness (QED) is 0.714. The first-order valence-corrected chi connectivity index (χ1v) is 11.0. The van der Waals surface area contributed by atoms with Gasteiger partial charge in [-0.1, -0.05) is 12.1 Å². The number of likely N-dealkylation sites (tertiary alicyclic amines) is 2. The molecule has 164 valence electrons. The molecule has 0 N–H and O–H groups in total. The van der Waals surface area contributed by atoms with Crippen LogP contribution in [0.2, 0.25) is 0 Å². The molecular formula is C24H28FN3O3. The van der Waals surface area contributed by atoms with Crippen LogP contribution in [0.1, 0.15) is 31.4 Å². The molecule has 2 aromatic rings. The van der Waals surface area contributed by atoms with Crippen LogP contribution in [0.25, 0.3) is 0 Å². The predicted molar refractivity (Wildman–Crippen MR) is 114 cm³/mol. The van der Waals surface area contributed by atoms with Gasteiger partial charge in [-0.2, -0.15) is 0 Å². The van der Waals surface area contributed by atoms with E-state index in [9.17, 15) is 14.0 Å². The maximum atomic E-state index is 13.3. The van der Waals surface area contributed by atoms with Crippen molar-refractivity contribution in [1.29, 1.82) is 0 Å². The van der Waals surface area contributed by atoms with Gasteiger partial charge in [0.1, 0.15) is 17.7 Å². The van der Waals surface area contributed by atoms with Crippen molar-refractivity contribution in [1.82, 2.24) is 14.8 Å². The van der Waals surface area contributed by atoms with Gasteiger partial charge in [-0.25, -0.2) is 4.39 Å². The minimum absolute atomic E-state index is 0.0198. The van der Waals surface area contributed by atoms with Crippen molar-refractivity contribution in [3.8, 4) is 5.75 Å². The summed E-state index contributed by atoms with van der Waals surface area (Å²) in [6.07, 6.45) is 4.88. The van der Waals surface area contributed by atoms with Gasteiger partial charge in [-0.15, -0.1) is 0 Å². The van der Waals surface area contributed by atoms with Crippen LogP contribution in [0.15, 0.2) is 48.7 Å². The summed E-state index contributed by atoms with van der Waals surface area (Å²) in [5.41, 5.74) is 0.948. The van der Waals surface area contributed by atoms with Gasteiger partial charge in [0, 0.05) is 69.8 Å². The summed E-state index contributed by atoms with van der Waals surface area (Å²) >= 11 is 0. The molecule has 1 aromatic heterocycles. The molecule has 0 spiro atoms. The Morgan fingerprint density at radius 2 is 1.97 bits per heavy atom. The molecule has 31 heavy (non-hydrogen) atoms. The topological polar surface area (TPSA) is 62.7 Å². The van der Waals surface area contributed by atoms with Gasteiger partial charge < -0.3 is 14.5 Å². The van der Waals surface area contributed by atoms with Gasteiger partial charge in [-0.05, 0) is 30.7 Å². The highest BCUT2D eigenvalue weighted by atomic mass is 19.1. The largest absolute Gasteiger partial charge is 0.490 e. The summed E-state index contributed by atoms with van der Waals surface area (Å²) in [6, 6.07) is 11.9. The van der Waals surface area contributed by atoms with Gasteiger partial charge in [0.25, 0.3) is 0 Å². The van der Waals surface area contributed by atoms with Crippen LogP contribution in [0.3, 0.4) is 0 Å². The Balaban J connectivity index is 1.26. The number of amides is 2. The summed E-state index contributed by atoms with van der Waals surface area (Å²) < 4.78 is 19.2. The highest BCUT2D eigenvalue weighted by molar-refractivity contribution is 5.84. The Morgan fingerprint density at radius 3 is 2.71 bits per heavy atom. The van der Waals surface area contributed by atoms with E-state index in [1.165, 1.54) is 12.1 Å². The fourth-order valence-corrected chi connectivity index (χ4v) is 4.31. The van der Waals surface area contributed by atoms with Crippen LogP contribution in [0.5, 0.6) is 5.75 Å². The number of piperidine rings is 2. The van der Waals surface area contributed by atoms with Gasteiger partial charge >= 0.3 is 0 Å². The van der Waals surface area contributed by atoms with E-state index in [4.69, 9.17) is 4.74 Å². The number of pyridine rings is 1. The molecule has 2 saturated heterocycles. The van der Waals surface area contributed by atoms with Crippen LogP contribution in [-0.4, -0.2) is 58.9 Å². The summed E-state index contributed by atoms with van der Waals surface area (Å²) in [6.45, 7) is 2.31. The van der Waals surface area contributed by atoms with Crippen LogP contribution in [0, 0.1) is 11.7 Å². The summed E-state index contributed by atoms with van der Waals surface area (Å²) in [7, 11) is 0. The van der Waals surface area contributed by atoms with Crippen molar-refractivity contribution in [2.45, 2.75) is 38.2 Å². The lowest BCUT2D eigenvalue weighted by Crippen LogP contribution is -2.50. The van der Waals surface area contributed by atoms with Crippen LogP contribution >= 0.6 is 0 Å². The lowest BCUT2D eigenvalue weighted by molar-refractivity contribution is -0.144. The van der Waals surface area contributed by atoms with E-state index in [-0.39, 0.29) is 29.7 Å². The van der Waals surface area contributed by atoms with Crippen molar-refractivity contribution in [3.05, 3.63) is 60.2 Å². The van der Waals surface area contributed by atoms with Gasteiger partial charge in [0.15, 0.2) is 0 Å². The predicted octanol–water partition coefficient (Wildman–Crippen LogP) is 3.07. The minimum Gasteiger partial charge on any atom is -0.490 e. The Kier molecular flexibility index (Phi) is 6.79. The Morgan fingerprint density at radius 1 is 1.13 bits per heavy atom. The fourth-order valence-electron chi connectivity index (χ4n) is 4.31. The SMILES string of the molecule is O=C1CC[C@H](C(=O)N2CCC(Oc3cccc(F)c3)CC2)CN1CCc1ccccn1. The highest BCUT2D eigenvalue weighted by Crippen LogP contribution is 2.24. The molecule has 4 rings (SSSR count). The summed E-state index contributed by atoms with van der Waals surface area (Å²) in [4.78, 5) is 33.4. The van der Waals surface area contributed by atoms with Crippen molar-refractivity contribution in [3.63, 3.8) is 0 Å². The number of nitrogens with zero attached hydrogens (tertiary/aromatic N) is 3. The zero-order valence-corrected chi connectivity index (χ0v) is 17.6. The third-order valence-corrected chi connectivity index (χ3v) is 6.07. The second-order valence-electron chi connectivity index (χ2n) is 8.25. The van der Waals surface area contributed by atoms with E-state index in [1.807, 2.05) is 23.1 Å². The molecule has 7 heteroatoms. The number of benzene rings is 1. The smallest absolute Gasteiger partial charge is 0.227 e. The van der Waals surface area contributed by atoms with E-state index < -0.39 is 0 Å². The average molecular weight is 426 g/mol. The Hall–Kier alpha value is -2.96. The first-order chi connectivity index (χ1) is 15.1. The maximum absolute atomic E-state index is 13.3. The number of hydrogen-bond acceptors (Lipinski definition) is 4. The maximum Gasteiger partial charge on any atom is 0.227 e. The van der Waals surface area contributed by atoms with Crippen molar-refractivity contribution < 1.29 is 18.7 Å². The second-order valence-corrected chi connectivity index (χ2v) is 8.25. The minimum atomic E-state index is -0.315. The standard InChI is InChI=1S/C24H28FN3O3/c25-19-4-3-6-22(16-19)31-21-10-14-27(15-11-21)24(30)18-7-8-23(29)28(17-18)13-9-20-5-1-2-12-26-20/h1-6,12,16,18,21H,7-11,13-15,17H2/t18-/m0/s1. The lowest BCUT2D eigenvalue weighted by atomic mass is 9.94. The lowest BCUT2D eigenvalue weighted by Gasteiger charge is -2.37. The normalized spacial score (nSPS) is 20.0. The Labute approximate surface area is 182 Å². The first kappa shape index (κ1) is 21.3. The number of ether oxygens (including phenoxy) is 1. The van der Waals surface area contributed by atoms with Crippen LogP contribution in [-0.2, 0) is 16.0 Å². The first-order valence-electron chi connectivity index (χ1n) is 11.0. The summed E-state index contributed by atoms with van der Waals surface area (Å²) in [5.74, 6) is 0.299. The molecule has 6 nitrogen and oxygen atoms in total. The molecule has 0 saturated carbocycles. The molecule has 2 aliphatic rings. The molecule has 0 radical (unpaired) electrons. The number of rotatable bonds is 6. The number of carbonyl (C=O) groups is 2. The molecular weight excluding hydrogens is 397 g/mol. The average Bonchev–Trinajstić information content (AvgIpc) is 2.79. The van der Waals surface area contributed by atoms with E-state index in [0.717, 1.165) is 18.5 Å². The Bertz CT molecular complexity index is 900. The molecule has 2 amide bonds. The number of halogens is 1. The summed E-state index contributed by atoms with van der Waals surface area (Å²) in [5, 5.41) is 0.